The maximum atomic E-state index is 9.18. The summed E-state index contributed by atoms with van der Waals surface area (Å²) in [6.45, 7) is 0. The van der Waals surface area contributed by atoms with Crippen LogP contribution in [-0.2, 0) is 0 Å². The van der Waals surface area contributed by atoms with E-state index in [0.29, 0.717) is 0 Å². The van der Waals surface area contributed by atoms with E-state index in [0.717, 1.165) is 0 Å². The summed E-state index contributed by atoms with van der Waals surface area (Å²) in [6.07, 6.45) is -4.82. The Morgan fingerprint density at radius 3 is 1.17 bits per heavy atom. The van der Waals surface area contributed by atoms with Gasteiger partial charge in [0.1, 0.15) is 12.2 Å². The van der Waals surface area contributed by atoms with Gasteiger partial charge in [0.2, 0.25) is 0 Å². The molecule has 0 unspecified atom stereocenters. The third-order valence-corrected chi connectivity index (χ3v) is 2.78. The predicted octanol–water partition coefficient (Wildman–Crippen LogP) is -0.780. The van der Waals surface area contributed by atoms with Gasteiger partial charge in [-0.3, -0.25) is 0 Å². The molecule has 4 atom stereocenters. The lowest BCUT2D eigenvalue weighted by Crippen LogP contribution is -2.45. The molecule has 0 aromatic rings. The van der Waals surface area contributed by atoms with Crippen molar-refractivity contribution in [2.24, 2.45) is 0 Å². The number of rotatable bonds is 5. The first-order valence-corrected chi connectivity index (χ1v) is 5.63. The Hall–Kier alpha value is 0.800. The SMILES string of the molecule is O[C@H]([C@H](O)[C@H](O)CBr)[C@H](O)CBr. The number of hydrogen-bond donors (Lipinski definition) is 4. The molecule has 12 heavy (non-hydrogen) atoms. The number of alkyl halides is 2. The lowest BCUT2D eigenvalue weighted by Gasteiger charge is -2.24. The van der Waals surface area contributed by atoms with E-state index in [1.54, 1.807) is 0 Å². The molecule has 0 amide bonds. The Morgan fingerprint density at radius 1 is 0.750 bits per heavy atom. The summed E-state index contributed by atoms with van der Waals surface area (Å²) in [7, 11) is 0. The minimum Gasteiger partial charge on any atom is -0.389 e. The third kappa shape index (κ3) is 3.68. The zero-order chi connectivity index (χ0) is 9.72. The Labute approximate surface area is 87.5 Å². The van der Waals surface area contributed by atoms with Crippen LogP contribution in [0.4, 0.5) is 0 Å². The number of hydrogen-bond acceptors (Lipinski definition) is 4. The third-order valence-electron chi connectivity index (χ3n) is 1.45. The van der Waals surface area contributed by atoms with Crippen LogP contribution in [0, 0.1) is 0 Å². The standard InChI is InChI=1S/C6H12Br2O4/c7-1-3(9)5(11)6(12)4(10)2-8/h3-6,9-12H,1-2H2/t3-,4-,5-,6+/m1/s1. The van der Waals surface area contributed by atoms with Crippen molar-refractivity contribution in [3.05, 3.63) is 0 Å². The normalized spacial score (nSPS) is 21.5. The summed E-state index contributed by atoms with van der Waals surface area (Å²) in [6, 6.07) is 0. The van der Waals surface area contributed by atoms with Gasteiger partial charge < -0.3 is 20.4 Å². The summed E-state index contributed by atoms with van der Waals surface area (Å²) in [4.78, 5) is 0. The van der Waals surface area contributed by atoms with Crippen LogP contribution in [0.3, 0.4) is 0 Å². The van der Waals surface area contributed by atoms with Crippen molar-refractivity contribution in [2.75, 3.05) is 10.7 Å². The van der Waals surface area contributed by atoms with Crippen molar-refractivity contribution in [1.82, 2.24) is 0 Å². The van der Waals surface area contributed by atoms with Crippen molar-refractivity contribution < 1.29 is 20.4 Å². The van der Waals surface area contributed by atoms with Crippen molar-refractivity contribution in [1.29, 1.82) is 0 Å². The summed E-state index contributed by atoms with van der Waals surface area (Å²) in [5, 5.41) is 36.8. The Morgan fingerprint density at radius 2 is 1.00 bits per heavy atom. The first-order valence-electron chi connectivity index (χ1n) is 3.38. The van der Waals surface area contributed by atoms with Gasteiger partial charge in [-0.05, 0) is 0 Å². The smallest absolute Gasteiger partial charge is 0.109 e. The van der Waals surface area contributed by atoms with Gasteiger partial charge >= 0.3 is 0 Å². The zero-order valence-corrected chi connectivity index (χ0v) is 9.44. The molecule has 0 heterocycles. The molecule has 0 aromatic heterocycles. The zero-order valence-electron chi connectivity index (χ0n) is 6.27. The van der Waals surface area contributed by atoms with E-state index in [9.17, 15) is 10.2 Å². The summed E-state index contributed by atoms with van der Waals surface area (Å²) < 4.78 is 0. The van der Waals surface area contributed by atoms with E-state index in [1.165, 1.54) is 0 Å². The highest BCUT2D eigenvalue weighted by molar-refractivity contribution is 9.09. The van der Waals surface area contributed by atoms with Crippen LogP contribution >= 0.6 is 31.9 Å². The lowest BCUT2D eigenvalue weighted by molar-refractivity contribution is -0.0916. The fraction of sp³-hybridized carbons (Fsp3) is 1.00. The van der Waals surface area contributed by atoms with Gasteiger partial charge in [-0.2, -0.15) is 0 Å². The van der Waals surface area contributed by atoms with Gasteiger partial charge in [-0.15, -0.1) is 0 Å². The second-order valence-corrected chi connectivity index (χ2v) is 3.72. The predicted molar refractivity (Wildman–Crippen MR) is 51.6 cm³/mol. The molecular formula is C6H12Br2O4. The van der Waals surface area contributed by atoms with E-state index < -0.39 is 24.4 Å². The van der Waals surface area contributed by atoms with Crippen LogP contribution < -0.4 is 0 Å². The molecule has 4 nitrogen and oxygen atoms in total. The molecule has 0 aliphatic rings. The minimum atomic E-state index is -1.34. The molecule has 0 spiro atoms. The maximum Gasteiger partial charge on any atom is 0.109 e. The van der Waals surface area contributed by atoms with Gasteiger partial charge in [0.05, 0.1) is 12.2 Å². The number of halogens is 2. The quantitative estimate of drug-likeness (QED) is 0.502. The molecule has 0 aromatic carbocycles. The molecule has 0 bridgehead atoms. The average Bonchev–Trinajstić information content (AvgIpc) is 2.12. The second-order valence-electron chi connectivity index (χ2n) is 2.42. The highest BCUT2D eigenvalue weighted by Gasteiger charge is 2.28. The van der Waals surface area contributed by atoms with Crippen LogP contribution in [0.1, 0.15) is 0 Å². The van der Waals surface area contributed by atoms with Gasteiger partial charge in [0.15, 0.2) is 0 Å². The number of aliphatic hydroxyl groups excluding tert-OH is 4. The van der Waals surface area contributed by atoms with Crippen molar-refractivity contribution >= 4 is 31.9 Å². The first kappa shape index (κ1) is 12.8. The maximum absolute atomic E-state index is 9.18. The van der Waals surface area contributed by atoms with Gasteiger partial charge in [0.25, 0.3) is 0 Å². The van der Waals surface area contributed by atoms with Gasteiger partial charge in [0, 0.05) is 10.7 Å². The van der Waals surface area contributed by atoms with E-state index in [2.05, 4.69) is 31.9 Å². The van der Waals surface area contributed by atoms with Crippen molar-refractivity contribution in [2.45, 2.75) is 24.4 Å². The lowest BCUT2D eigenvalue weighted by atomic mass is 10.1. The molecule has 0 aliphatic carbocycles. The topological polar surface area (TPSA) is 80.9 Å². The average molecular weight is 308 g/mol. The van der Waals surface area contributed by atoms with Crippen LogP contribution in [0.2, 0.25) is 0 Å². The second kappa shape index (κ2) is 6.28. The van der Waals surface area contributed by atoms with Crippen LogP contribution in [0.15, 0.2) is 0 Å². The molecule has 0 saturated heterocycles. The summed E-state index contributed by atoms with van der Waals surface area (Å²) in [5.74, 6) is 0. The summed E-state index contributed by atoms with van der Waals surface area (Å²) in [5.41, 5.74) is 0. The fourth-order valence-corrected chi connectivity index (χ4v) is 1.40. The van der Waals surface area contributed by atoms with Crippen molar-refractivity contribution in [3.8, 4) is 0 Å². The van der Waals surface area contributed by atoms with E-state index >= 15 is 0 Å². The minimum absolute atomic E-state index is 0.153. The molecule has 0 saturated carbocycles. The molecule has 0 radical (unpaired) electrons. The highest BCUT2D eigenvalue weighted by atomic mass is 79.9. The van der Waals surface area contributed by atoms with Gasteiger partial charge in [-0.1, -0.05) is 31.9 Å². The van der Waals surface area contributed by atoms with E-state index in [4.69, 9.17) is 10.2 Å². The Balaban J connectivity index is 3.99. The van der Waals surface area contributed by atoms with Crippen LogP contribution in [0.5, 0.6) is 0 Å². The Kier molecular flexibility index (Phi) is 6.70. The molecule has 74 valence electrons. The highest BCUT2D eigenvalue weighted by Crippen LogP contribution is 2.08. The molecule has 0 fully saturated rings. The molecular weight excluding hydrogens is 296 g/mol. The van der Waals surface area contributed by atoms with Crippen LogP contribution in [0.25, 0.3) is 0 Å². The largest absolute Gasteiger partial charge is 0.389 e. The number of aliphatic hydroxyl groups is 4. The monoisotopic (exact) mass is 306 g/mol. The molecule has 4 N–H and O–H groups in total. The van der Waals surface area contributed by atoms with Crippen LogP contribution in [-0.4, -0.2) is 55.5 Å². The fourth-order valence-electron chi connectivity index (χ4n) is 0.638. The van der Waals surface area contributed by atoms with E-state index in [1.807, 2.05) is 0 Å². The summed E-state index contributed by atoms with van der Waals surface area (Å²) >= 11 is 5.88. The molecule has 0 aliphatic heterocycles. The van der Waals surface area contributed by atoms with Gasteiger partial charge in [-0.25, -0.2) is 0 Å². The molecule has 0 rings (SSSR count). The Bertz CT molecular complexity index is 110. The molecule has 6 heteroatoms. The first-order chi connectivity index (χ1) is 5.54. The van der Waals surface area contributed by atoms with E-state index in [-0.39, 0.29) is 10.7 Å². The van der Waals surface area contributed by atoms with Crippen molar-refractivity contribution in [3.63, 3.8) is 0 Å².